The van der Waals surface area contributed by atoms with Crippen molar-refractivity contribution in [2.24, 2.45) is 4.99 Å². The molecule has 1 amide bonds. The Labute approximate surface area is 103 Å². The Balaban J connectivity index is 2.09. The topological polar surface area (TPSA) is 41.5 Å². The highest BCUT2D eigenvalue weighted by Gasteiger charge is 2.23. The number of benzene rings is 1. The minimum Gasteiger partial charge on any atom is -0.312 e. The summed E-state index contributed by atoms with van der Waals surface area (Å²) < 4.78 is 1.04. The maximum absolute atomic E-state index is 11.4. The molecule has 4 heteroatoms. The number of nitrogens with one attached hydrogen (secondary N) is 1. The smallest absolute Gasteiger partial charge is 0.250 e. The van der Waals surface area contributed by atoms with Crippen molar-refractivity contribution in [1.29, 1.82) is 0 Å². The zero-order valence-electron chi connectivity index (χ0n) is 9.03. The predicted octanol–water partition coefficient (Wildman–Crippen LogP) is 2.30. The lowest BCUT2D eigenvalue weighted by Gasteiger charge is -2.01. The van der Waals surface area contributed by atoms with Gasteiger partial charge in [0.2, 0.25) is 5.91 Å². The molecule has 16 heavy (non-hydrogen) atoms. The molecular weight excluding hydrogens is 268 g/mol. The van der Waals surface area contributed by atoms with Crippen LogP contribution in [0.4, 0.5) is 0 Å². The third-order valence-electron chi connectivity index (χ3n) is 2.53. The van der Waals surface area contributed by atoms with E-state index in [4.69, 9.17) is 0 Å². The van der Waals surface area contributed by atoms with Gasteiger partial charge in [-0.3, -0.25) is 9.79 Å². The highest BCUT2D eigenvalue weighted by Crippen LogP contribution is 2.14. The molecule has 84 valence electrons. The summed E-state index contributed by atoms with van der Waals surface area (Å²) in [6, 6.07) is 7.83. The van der Waals surface area contributed by atoms with Crippen molar-refractivity contribution in [2.75, 3.05) is 0 Å². The van der Waals surface area contributed by atoms with Crippen LogP contribution in [0, 0.1) is 0 Å². The molecule has 0 fully saturated rings. The molecular formula is C12H13BrN2O. The maximum atomic E-state index is 11.4. The summed E-state index contributed by atoms with van der Waals surface area (Å²) in [5.74, 6) is 0.794. The molecule has 2 rings (SSSR count). The third kappa shape index (κ3) is 2.50. The highest BCUT2D eigenvalue weighted by molar-refractivity contribution is 9.10. The number of rotatable bonds is 3. The zero-order chi connectivity index (χ0) is 11.5. The number of aliphatic imine (C=N–C) groups is 1. The second kappa shape index (κ2) is 4.78. The maximum Gasteiger partial charge on any atom is 0.250 e. The first-order valence-corrected chi connectivity index (χ1v) is 6.10. The van der Waals surface area contributed by atoms with Crippen LogP contribution in [0.15, 0.2) is 33.7 Å². The Bertz CT molecular complexity index is 442. The first-order valence-electron chi connectivity index (χ1n) is 5.31. The van der Waals surface area contributed by atoms with Gasteiger partial charge in [-0.15, -0.1) is 0 Å². The van der Waals surface area contributed by atoms with Crippen molar-refractivity contribution in [3.63, 3.8) is 0 Å². The van der Waals surface area contributed by atoms with Gasteiger partial charge in [0.05, 0.1) is 0 Å². The van der Waals surface area contributed by atoms with Crippen LogP contribution < -0.4 is 5.32 Å². The normalized spacial score (nSPS) is 19.5. The van der Waals surface area contributed by atoms with Crippen LogP contribution in [-0.2, 0) is 11.2 Å². The summed E-state index contributed by atoms with van der Waals surface area (Å²) >= 11 is 3.42. The molecule has 0 aliphatic carbocycles. The molecule has 0 radical (unpaired) electrons. The second-order valence-electron chi connectivity index (χ2n) is 3.80. The van der Waals surface area contributed by atoms with Gasteiger partial charge in [0.15, 0.2) is 0 Å². The number of carbonyl (C=O) groups is 1. The van der Waals surface area contributed by atoms with Crippen molar-refractivity contribution in [3.8, 4) is 0 Å². The van der Waals surface area contributed by atoms with E-state index in [1.165, 1.54) is 0 Å². The summed E-state index contributed by atoms with van der Waals surface area (Å²) in [6.45, 7) is 1.97. The number of halogens is 1. The Morgan fingerprint density at radius 1 is 1.50 bits per heavy atom. The van der Waals surface area contributed by atoms with Crippen molar-refractivity contribution in [3.05, 3.63) is 34.3 Å². The summed E-state index contributed by atoms with van der Waals surface area (Å²) in [4.78, 5) is 15.8. The van der Waals surface area contributed by atoms with Gasteiger partial charge in [0.1, 0.15) is 11.9 Å². The number of amides is 1. The number of amidine groups is 1. The predicted molar refractivity (Wildman–Crippen MR) is 67.5 cm³/mol. The van der Waals surface area contributed by atoms with Crippen LogP contribution in [0.5, 0.6) is 0 Å². The van der Waals surface area contributed by atoms with Gasteiger partial charge >= 0.3 is 0 Å². The molecule has 0 spiro atoms. The quantitative estimate of drug-likeness (QED) is 0.907. The van der Waals surface area contributed by atoms with E-state index in [0.29, 0.717) is 6.42 Å². The van der Waals surface area contributed by atoms with Gasteiger partial charge in [0, 0.05) is 10.9 Å². The fourth-order valence-corrected chi connectivity index (χ4v) is 2.16. The summed E-state index contributed by atoms with van der Waals surface area (Å²) in [5.41, 5.74) is 1.14. The molecule has 3 nitrogen and oxygen atoms in total. The average Bonchev–Trinajstić information content (AvgIpc) is 2.58. The number of carbonyl (C=O) groups excluding carboxylic acids is 1. The molecule has 1 aliphatic rings. The Hall–Kier alpha value is -1.16. The lowest BCUT2D eigenvalue weighted by Crippen LogP contribution is -2.29. The molecule has 0 bridgehead atoms. The van der Waals surface area contributed by atoms with E-state index in [0.717, 1.165) is 22.3 Å². The highest BCUT2D eigenvalue weighted by atomic mass is 79.9. The van der Waals surface area contributed by atoms with Gasteiger partial charge < -0.3 is 5.32 Å². The Morgan fingerprint density at radius 3 is 2.94 bits per heavy atom. The van der Waals surface area contributed by atoms with Gasteiger partial charge in [-0.2, -0.15) is 0 Å². The van der Waals surface area contributed by atoms with E-state index < -0.39 is 0 Å². The molecule has 1 unspecified atom stereocenters. The molecule has 1 heterocycles. The molecule has 0 aromatic heterocycles. The summed E-state index contributed by atoms with van der Waals surface area (Å²) in [5, 5.41) is 2.82. The fraction of sp³-hybridized carbons (Fsp3) is 0.333. The van der Waals surface area contributed by atoms with E-state index in [1.807, 2.05) is 31.2 Å². The van der Waals surface area contributed by atoms with Crippen molar-refractivity contribution in [2.45, 2.75) is 25.8 Å². The van der Waals surface area contributed by atoms with E-state index >= 15 is 0 Å². The lowest BCUT2D eigenvalue weighted by molar-refractivity contribution is -0.120. The Morgan fingerprint density at radius 2 is 2.31 bits per heavy atom. The minimum absolute atomic E-state index is 0.0208. The van der Waals surface area contributed by atoms with Gasteiger partial charge in [0.25, 0.3) is 0 Å². The molecule has 0 saturated heterocycles. The molecule has 1 atom stereocenters. The summed E-state index contributed by atoms with van der Waals surface area (Å²) in [6.07, 6.45) is 1.44. The molecule has 1 aromatic rings. The molecule has 1 N–H and O–H groups in total. The van der Waals surface area contributed by atoms with Gasteiger partial charge in [-0.1, -0.05) is 35.0 Å². The van der Waals surface area contributed by atoms with Crippen LogP contribution in [0.1, 0.15) is 18.9 Å². The van der Waals surface area contributed by atoms with Crippen LogP contribution in [0.2, 0.25) is 0 Å². The zero-order valence-corrected chi connectivity index (χ0v) is 10.6. The number of hydrogen-bond acceptors (Lipinski definition) is 2. The first-order chi connectivity index (χ1) is 7.69. The van der Waals surface area contributed by atoms with Crippen molar-refractivity contribution < 1.29 is 4.79 Å². The van der Waals surface area contributed by atoms with Gasteiger partial charge in [-0.05, 0) is 24.1 Å². The molecule has 0 saturated carbocycles. The van der Waals surface area contributed by atoms with Crippen molar-refractivity contribution in [1.82, 2.24) is 5.32 Å². The second-order valence-corrected chi connectivity index (χ2v) is 4.71. The number of hydrogen-bond donors (Lipinski definition) is 1. The summed E-state index contributed by atoms with van der Waals surface area (Å²) in [7, 11) is 0. The SMILES string of the molecule is CCC1N=C(Cc2cccc(Br)c2)NC1=O. The Kier molecular flexibility index (Phi) is 3.39. The standard InChI is InChI=1S/C12H13BrN2O/c1-2-10-12(16)15-11(14-10)7-8-4-3-5-9(13)6-8/h3-6,10H,2,7H2,1H3,(H,14,15,16). The van der Waals surface area contributed by atoms with Crippen LogP contribution in [0.25, 0.3) is 0 Å². The fourth-order valence-electron chi connectivity index (χ4n) is 1.71. The van der Waals surface area contributed by atoms with E-state index in [2.05, 4.69) is 26.2 Å². The van der Waals surface area contributed by atoms with E-state index in [-0.39, 0.29) is 11.9 Å². The van der Waals surface area contributed by atoms with Crippen LogP contribution in [0.3, 0.4) is 0 Å². The average molecular weight is 281 g/mol. The first kappa shape index (κ1) is 11.3. The van der Waals surface area contributed by atoms with Gasteiger partial charge in [-0.25, -0.2) is 0 Å². The number of nitrogens with zero attached hydrogens (tertiary/aromatic N) is 1. The van der Waals surface area contributed by atoms with Crippen LogP contribution >= 0.6 is 15.9 Å². The minimum atomic E-state index is -0.192. The molecule has 1 aliphatic heterocycles. The van der Waals surface area contributed by atoms with Crippen LogP contribution in [-0.4, -0.2) is 17.8 Å². The largest absolute Gasteiger partial charge is 0.312 e. The van der Waals surface area contributed by atoms with E-state index in [1.54, 1.807) is 0 Å². The monoisotopic (exact) mass is 280 g/mol. The lowest BCUT2D eigenvalue weighted by atomic mass is 10.1. The third-order valence-corrected chi connectivity index (χ3v) is 3.02. The van der Waals surface area contributed by atoms with Crippen molar-refractivity contribution >= 4 is 27.7 Å². The van der Waals surface area contributed by atoms with E-state index in [9.17, 15) is 4.79 Å². The molecule has 1 aromatic carbocycles.